The van der Waals surface area contributed by atoms with Gasteiger partial charge in [0.15, 0.2) is 5.82 Å². The first-order valence-corrected chi connectivity index (χ1v) is 17.5. The van der Waals surface area contributed by atoms with E-state index in [2.05, 4.69) is 45.7 Å². The molecule has 1 aliphatic carbocycles. The maximum Gasteiger partial charge on any atom is 0.222 e. The van der Waals surface area contributed by atoms with Gasteiger partial charge in [-0.1, -0.05) is 41.9 Å². The maximum atomic E-state index is 13.2. The number of Topliss-reactive ketones (excluding diaryl/α,β-unsaturated/α-hetero) is 1. The number of hydrogen-bond donors (Lipinski definition) is 2. The van der Waals surface area contributed by atoms with E-state index in [-0.39, 0.29) is 18.1 Å². The highest BCUT2D eigenvalue weighted by Gasteiger charge is 2.32. The van der Waals surface area contributed by atoms with Crippen LogP contribution < -0.4 is 10.6 Å². The third-order valence-electron chi connectivity index (χ3n) is 8.94. The van der Waals surface area contributed by atoms with E-state index in [4.69, 9.17) is 21.3 Å². The minimum Gasteiger partial charge on any atom is -0.378 e. The number of carbonyl (C=O) groups excluding carboxylic acids is 2. The van der Waals surface area contributed by atoms with E-state index in [1.165, 1.54) is 4.88 Å². The molecule has 1 atom stereocenters. The van der Waals surface area contributed by atoms with Crippen LogP contribution in [0.2, 0.25) is 5.02 Å². The van der Waals surface area contributed by atoms with Crippen LogP contribution in [0.3, 0.4) is 0 Å². The van der Waals surface area contributed by atoms with Crippen LogP contribution in [0.25, 0.3) is 16.1 Å². The highest BCUT2D eigenvalue weighted by atomic mass is 35.5. The minimum absolute atomic E-state index is 0.114. The lowest BCUT2D eigenvalue weighted by Crippen LogP contribution is -2.29. The summed E-state index contributed by atoms with van der Waals surface area (Å²) < 4.78 is 7.87. The predicted octanol–water partition coefficient (Wildman–Crippen LogP) is 6.16. The highest BCUT2D eigenvalue weighted by molar-refractivity contribution is 7.15. The fourth-order valence-corrected chi connectivity index (χ4v) is 7.72. The Kier molecular flexibility index (Phi) is 9.40. The molecule has 49 heavy (non-hydrogen) atoms. The lowest BCUT2D eigenvalue weighted by atomic mass is 9.99. The van der Waals surface area contributed by atoms with E-state index in [0.717, 1.165) is 61.3 Å². The fourth-order valence-electron chi connectivity index (χ4n) is 6.38. The summed E-state index contributed by atoms with van der Waals surface area (Å²) in [5, 5.41) is 16.9. The van der Waals surface area contributed by atoms with E-state index in [9.17, 15) is 9.59 Å². The maximum absolute atomic E-state index is 13.2. The lowest BCUT2D eigenvalue weighted by Gasteiger charge is -2.14. The molecule has 0 saturated heterocycles. The van der Waals surface area contributed by atoms with E-state index in [0.29, 0.717) is 50.0 Å². The van der Waals surface area contributed by atoms with Gasteiger partial charge >= 0.3 is 0 Å². The summed E-state index contributed by atoms with van der Waals surface area (Å²) in [7, 11) is 0. The summed E-state index contributed by atoms with van der Waals surface area (Å²) in [4.78, 5) is 36.0. The number of nitrogens with zero attached hydrogens (tertiary/aromatic N) is 5. The van der Waals surface area contributed by atoms with Gasteiger partial charge in [-0.2, -0.15) is 0 Å². The van der Waals surface area contributed by atoms with Crippen molar-refractivity contribution in [1.82, 2.24) is 25.1 Å². The molecule has 2 N–H and O–H groups in total. The number of hydrogen-bond acceptors (Lipinski definition) is 9. The number of aliphatic imine (C=N–C) groups is 1. The number of thiophene rings is 1. The fraction of sp³-hybridized carbons (Fsp3) is 0.297. The topological polar surface area (TPSA) is 123 Å². The van der Waals surface area contributed by atoms with Gasteiger partial charge in [-0.3, -0.25) is 19.1 Å². The highest BCUT2D eigenvalue weighted by Crippen LogP contribution is 2.39. The Hall–Kier alpha value is -4.71. The van der Waals surface area contributed by atoms with Gasteiger partial charge in [-0.15, -0.1) is 21.5 Å². The summed E-state index contributed by atoms with van der Waals surface area (Å²) in [5.74, 6) is 2.26. The quantitative estimate of drug-likeness (QED) is 0.159. The van der Waals surface area contributed by atoms with Crippen molar-refractivity contribution in [2.75, 3.05) is 31.6 Å². The first-order chi connectivity index (χ1) is 23.8. The zero-order valence-corrected chi connectivity index (χ0v) is 29.1. The summed E-state index contributed by atoms with van der Waals surface area (Å²) in [5.41, 5.74) is 8.12. The standard InChI is InChI=1S/C37H36ClN7O3S/c1-21-22(2)49-37-33(21)34(24-8-10-28(38)11-9-24)42-31(36-44-43-23(3)45(36)37)20-32(47)39-13-15-48-16-14-41-35-30(5-4-12-40-35)26-7-6-25-18-29(46)19-27(25)17-26/h4-12,17,31H,13-16,18-20H2,1-3H3,(H,39,47)(H,40,41)/t31-/m0/s1. The van der Waals surface area contributed by atoms with E-state index in [1.54, 1.807) is 17.5 Å². The van der Waals surface area contributed by atoms with Crippen molar-refractivity contribution >= 4 is 46.2 Å². The molecule has 0 bridgehead atoms. The number of halogens is 1. The lowest BCUT2D eigenvalue weighted by molar-refractivity contribution is -0.121. The van der Waals surface area contributed by atoms with Crippen molar-refractivity contribution in [1.29, 1.82) is 0 Å². The van der Waals surface area contributed by atoms with Crippen molar-refractivity contribution in [3.05, 3.63) is 110 Å². The summed E-state index contributed by atoms with van der Waals surface area (Å²) >= 11 is 7.90. The average Bonchev–Trinajstić information content (AvgIpc) is 3.73. The van der Waals surface area contributed by atoms with E-state index < -0.39 is 6.04 Å². The van der Waals surface area contributed by atoms with Crippen molar-refractivity contribution in [2.45, 2.75) is 46.1 Å². The Bertz CT molecular complexity index is 2090. The molecule has 0 radical (unpaired) electrons. The van der Waals surface area contributed by atoms with Crippen LogP contribution in [-0.4, -0.2) is 63.5 Å². The van der Waals surface area contributed by atoms with Gasteiger partial charge < -0.3 is 15.4 Å². The molecule has 3 aromatic heterocycles. The third kappa shape index (κ3) is 6.79. The number of anilines is 1. The number of ketones is 1. The summed E-state index contributed by atoms with van der Waals surface area (Å²) in [6, 6.07) is 17.2. The number of aryl methyl sites for hydroxylation is 2. The van der Waals surface area contributed by atoms with Gasteiger partial charge in [0.25, 0.3) is 0 Å². The Morgan fingerprint density at radius 3 is 2.61 bits per heavy atom. The number of ether oxygens (including phenoxy) is 1. The van der Waals surface area contributed by atoms with Crippen LogP contribution in [0.4, 0.5) is 5.82 Å². The van der Waals surface area contributed by atoms with Gasteiger partial charge in [0, 0.05) is 58.7 Å². The number of fused-ring (bicyclic) bond motifs is 4. The average molecular weight is 694 g/mol. The zero-order chi connectivity index (χ0) is 34.1. The largest absolute Gasteiger partial charge is 0.378 e. The summed E-state index contributed by atoms with van der Waals surface area (Å²) in [6.07, 6.45) is 2.87. The SMILES string of the molecule is Cc1sc2c(c1C)C(c1ccc(Cl)cc1)=N[C@@H](CC(=O)NCCOCCNc1ncccc1-c1ccc3c(c1)CC(=O)C3)c1nnc(C)n1-2. The number of benzene rings is 2. The molecule has 0 unspecified atom stereocenters. The Morgan fingerprint density at radius 1 is 1.00 bits per heavy atom. The van der Waals surface area contributed by atoms with E-state index >= 15 is 0 Å². The molecule has 5 aromatic rings. The smallest absolute Gasteiger partial charge is 0.222 e. The number of nitrogens with one attached hydrogen (secondary N) is 2. The van der Waals surface area contributed by atoms with Gasteiger partial charge in [0.1, 0.15) is 28.5 Å². The first-order valence-electron chi connectivity index (χ1n) is 16.3. The van der Waals surface area contributed by atoms with Crippen molar-refractivity contribution in [2.24, 2.45) is 4.99 Å². The molecule has 0 spiro atoms. The van der Waals surface area contributed by atoms with Crippen LogP contribution >= 0.6 is 22.9 Å². The number of carbonyl (C=O) groups is 2. The molecule has 0 fully saturated rings. The van der Waals surface area contributed by atoms with Crippen LogP contribution in [0.15, 0.2) is 65.8 Å². The molecule has 1 aliphatic heterocycles. The van der Waals surface area contributed by atoms with Gasteiger partial charge in [-0.25, -0.2) is 4.98 Å². The molecular formula is C37H36ClN7O3S. The van der Waals surface area contributed by atoms with Crippen LogP contribution in [0.1, 0.15) is 56.8 Å². The van der Waals surface area contributed by atoms with E-state index in [1.807, 2.05) is 60.0 Å². The number of amides is 1. The van der Waals surface area contributed by atoms with Crippen LogP contribution in [-0.2, 0) is 27.2 Å². The van der Waals surface area contributed by atoms with Crippen LogP contribution in [0, 0.1) is 20.8 Å². The normalized spacial score (nSPS) is 14.9. The molecule has 2 aromatic carbocycles. The van der Waals surface area contributed by atoms with Crippen molar-refractivity contribution in [3.63, 3.8) is 0 Å². The number of aromatic nitrogens is 4. The van der Waals surface area contributed by atoms with Gasteiger partial charge in [0.05, 0.1) is 25.3 Å². The second-order valence-electron chi connectivity index (χ2n) is 12.3. The van der Waals surface area contributed by atoms with Gasteiger partial charge in [0.2, 0.25) is 5.91 Å². The Labute approximate surface area is 293 Å². The zero-order valence-electron chi connectivity index (χ0n) is 27.5. The minimum atomic E-state index is -0.532. The van der Waals surface area contributed by atoms with Crippen molar-refractivity contribution in [3.8, 4) is 16.1 Å². The molecule has 2 aliphatic rings. The molecule has 250 valence electrons. The summed E-state index contributed by atoms with van der Waals surface area (Å²) in [6.45, 7) is 7.83. The predicted molar refractivity (Wildman–Crippen MR) is 192 cm³/mol. The molecule has 4 heterocycles. The number of pyridine rings is 1. The molecule has 12 heteroatoms. The monoisotopic (exact) mass is 693 g/mol. The van der Waals surface area contributed by atoms with Gasteiger partial charge in [-0.05, 0) is 67.3 Å². The molecule has 1 amide bonds. The Balaban J connectivity index is 0.958. The molecule has 7 rings (SSSR count). The molecular weight excluding hydrogens is 658 g/mol. The Morgan fingerprint density at radius 2 is 1.78 bits per heavy atom. The first kappa shape index (κ1) is 32.8. The number of rotatable bonds is 11. The molecule has 10 nitrogen and oxygen atoms in total. The van der Waals surface area contributed by atoms with Crippen molar-refractivity contribution < 1.29 is 14.3 Å². The second kappa shape index (κ2) is 14.0. The third-order valence-corrected chi connectivity index (χ3v) is 10.4. The molecule has 0 saturated carbocycles. The second-order valence-corrected chi connectivity index (χ2v) is 13.9. The van der Waals surface area contributed by atoms with Crippen LogP contribution in [0.5, 0.6) is 0 Å².